The number of nitrogens with zero attached hydrogens (tertiary/aromatic N) is 1. The maximum atomic E-state index is 14.5. The number of carbonyl (C=O) groups excluding carboxylic acids is 11. The number of unbranched alkanes of at least 4 members (excludes halogenated alkanes) is 7. The third-order valence-corrected chi connectivity index (χ3v) is 15.0. The first-order valence-electron chi connectivity index (χ1n) is 32.6. The van der Waals surface area contributed by atoms with Gasteiger partial charge in [-0.25, -0.2) is 4.79 Å². The molecule has 0 saturated heterocycles. The lowest BCUT2D eigenvalue weighted by Crippen LogP contribution is -2.60. The van der Waals surface area contributed by atoms with Crippen LogP contribution in [0.1, 0.15) is 173 Å². The highest BCUT2D eigenvalue weighted by Gasteiger charge is 2.36. The summed E-state index contributed by atoms with van der Waals surface area (Å²) in [5.41, 5.74) is 68.2. The molecular formula is C58H114N22O13. The molecule has 0 saturated carbocycles. The van der Waals surface area contributed by atoms with Gasteiger partial charge in [-0.2, -0.15) is 0 Å². The van der Waals surface area contributed by atoms with Crippen LogP contribution in [0.2, 0.25) is 0 Å². The van der Waals surface area contributed by atoms with Gasteiger partial charge in [-0.15, -0.1) is 0 Å². The highest BCUT2D eigenvalue weighted by atomic mass is 16.4. The van der Waals surface area contributed by atoms with Gasteiger partial charge in [0.05, 0.1) is 6.04 Å². The summed E-state index contributed by atoms with van der Waals surface area (Å²) in [5, 5.41) is 33.4. The number of rotatable bonds is 57. The zero-order chi connectivity index (χ0) is 70.1. The van der Waals surface area contributed by atoms with E-state index in [0.29, 0.717) is 90.1 Å². The minimum absolute atomic E-state index is 0.00333. The molecule has 11 amide bonds. The number of guanidine groups is 1. The zero-order valence-corrected chi connectivity index (χ0v) is 54.2. The fourth-order valence-corrected chi connectivity index (χ4v) is 9.54. The fourth-order valence-electron chi connectivity index (χ4n) is 9.54. The van der Waals surface area contributed by atoms with E-state index in [1.807, 2.05) is 0 Å². The number of nitrogens with one attached hydrogen (secondary N) is 9. The minimum atomic E-state index is -1.61. The van der Waals surface area contributed by atoms with Crippen molar-refractivity contribution in [3.63, 3.8) is 0 Å². The summed E-state index contributed by atoms with van der Waals surface area (Å²) < 4.78 is 0. The topological polar surface area (TPSA) is 658 Å². The molecular weight excluding hydrogens is 1210 g/mol. The number of aliphatic carboxylic acids is 1. The van der Waals surface area contributed by atoms with E-state index in [1.165, 1.54) is 0 Å². The van der Waals surface area contributed by atoms with Crippen molar-refractivity contribution in [1.29, 1.82) is 0 Å². The Hall–Kier alpha value is -7.41. The lowest BCUT2D eigenvalue weighted by atomic mass is 10.0. The third kappa shape index (κ3) is 39.7. The second-order valence-corrected chi connectivity index (χ2v) is 22.9. The molecule has 34 N–H and O–H groups in total. The normalized spacial score (nSPS) is 14.3. The Kier molecular flexibility index (Phi) is 47.9. The molecule has 0 heterocycles. The van der Waals surface area contributed by atoms with E-state index in [1.54, 1.807) is 0 Å². The number of carboxylic acid groups (broad SMARTS) is 1. The van der Waals surface area contributed by atoms with Gasteiger partial charge in [-0.3, -0.25) is 57.7 Å². The van der Waals surface area contributed by atoms with Gasteiger partial charge in [-0.1, -0.05) is 6.42 Å². The molecule has 0 fully saturated rings. The molecule has 0 aliphatic heterocycles. The van der Waals surface area contributed by atoms with Crippen LogP contribution in [0.3, 0.4) is 0 Å². The lowest BCUT2D eigenvalue weighted by molar-refractivity contribution is -0.142. The third-order valence-electron chi connectivity index (χ3n) is 15.0. The van der Waals surface area contributed by atoms with Crippen molar-refractivity contribution in [1.82, 2.24) is 47.9 Å². The Morgan fingerprint density at radius 2 is 0.484 bits per heavy atom. The van der Waals surface area contributed by atoms with Crippen molar-refractivity contribution >= 4 is 76.9 Å². The second kappa shape index (κ2) is 52.0. The summed E-state index contributed by atoms with van der Waals surface area (Å²) in [4.78, 5) is 168. The molecule has 0 aliphatic carbocycles. The summed E-state index contributed by atoms with van der Waals surface area (Å²) in [7, 11) is 0. The second-order valence-electron chi connectivity index (χ2n) is 22.9. The highest BCUT2D eigenvalue weighted by Crippen LogP contribution is 2.13. The highest BCUT2D eigenvalue weighted by molar-refractivity contribution is 5.99. The standard InChI is InChI=1S/C58H114N22O13/c59-28-8-1-16-36(66)48(83)72-42(23-15-35-71-58(69)70)53(88)74-39(19-4-11-31-62)51(86)78-44(25-27-47(68)82)56(91)77-40(20-5-12-32-63)52(87)79-43(24-26-46(67)81)55(90)76-38(18-3-10-30-61)50(85)73-37(17-2-9-29-60)49(84)75-41(21-6-13-33-64)54(89)80-45(57(92)93)22-7-14-34-65/h36-45H,1-35,59-66H2,(H2,67,81)(H2,68,82)(H,72,83)(H,73,85)(H,74,88)(H,75,84)(H,76,90)(H,77,91)(H,78,86)(H,79,87)(H,80,89)(H,92,93)(H4,69,70,71)/t36-,37-,38-,39-,40-,41-,42-,43-,44-,45-/m0/s1. The van der Waals surface area contributed by atoms with E-state index in [0.717, 1.165) is 0 Å². The van der Waals surface area contributed by atoms with E-state index >= 15 is 0 Å². The van der Waals surface area contributed by atoms with Crippen molar-refractivity contribution in [2.45, 2.75) is 234 Å². The van der Waals surface area contributed by atoms with E-state index in [4.69, 9.17) is 68.8 Å². The van der Waals surface area contributed by atoms with Crippen LogP contribution < -0.4 is 117 Å². The molecule has 93 heavy (non-hydrogen) atoms. The maximum Gasteiger partial charge on any atom is 0.326 e. The molecule has 0 unspecified atom stereocenters. The van der Waals surface area contributed by atoms with Crippen LogP contribution in [0.4, 0.5) is 0 Å². The summed E-state index contributed by atoms with van der Waals surface area (Å²) in [5.74, 6) is -10.9. The predicted molar refractivity (Wildman–Crippen MR) is 350 cm³/mol. The SMILES string of the molecule is NCCCC[C@H](NC(=O)[C@H](CCCCN)NC(=O)[C@H](CCCCN)NC(=O)[C@H](CCCCN)NC(=O)[C@H](CCC(N)=O)NC(=O)[C@H](CCCCN)NC(=O)[C@H](CCC(N)=O)NC(=O)[C@H](CCCCN)NC(=O)[C@H](CCCN=C(N)N)NC(=O)[C@@H](N)CCCCN)C(=O)O. The molecule has 0 aromatic rings. The van der Waals surface area contributed by atoms with E-state index in [-0.39, 0.29) is 116 Å². The van der Waals surface area contributed by atoms with E-state index < -0.39 is 157 Å². The van der Waals surface area contributed by atoms with Crippen molar-refractivity contribution in [3.05, 3.63) is 0 Å². The van der Waals surface area contributed by atoms with Crippen LogP contribution in [-0.4, -0.2) is 195 Å². The predicted octanol–water partition coefficient (Wildman–Crippen LogP) is -6.75. The number of hydrogen-bond donors (Lipinski definition) is 22. The number of carboxylic acids is 1. The van der Waals surface area contributed by atoms with Crippen molar-refractivity contribution in [3.8, 4) is 0 Å². The first kappa shape index (κ1) is 85.6. The molecule has 0 aliphatic rings. The number of carbonyl (C=O) groups is 12. The van der Waals surface area contributed by atoms with Crippen molar-refractivity contribution < 1.29 is 62.6 Å². The summed E-state index contributed by atoms with van der Waals surface area (Å²) in [6.07, 6.45) is 4.31. The molecule has 0 radical (unpaired) electrons. The number of aliphatic imine (C=N–C) groups is 1. The largest absolute Gasteiger partial charge is 0.480 e. The Morgan fingerprint density at radius 1 is 0.280 bits per heavy atom. The smallest absolute Gasteiger partial charge is 0.326 e. The van der Waals surface area contributed by atoms with Gasteiger partial charge in [-0.05, 0) is 200 Å². The molecule has 0 spiro atoms. The van der Waals surface area contributed by atoms with Crippen LogP contribution in [0.15, 0.2) is 4.99 Å². The van der Waals surface area contributed by atoms with Crippen LogP contribution in [0, 0.1) is 0 Å². The van der Waals surface area contributed by atoms with E-state index in [2.05, 4.69) is 52.8 Å². The lowest BCUT2D eigenvalue weighted by Gasteiger charge is -2.28. The van der Waals surface area contributed by atoms with Gasteiger partial charge in [0.1, 0.15) is 54.4 Å². The number of nitrogens with two attached hydrogens (primary N) is 12. The molecule has 10 atom stereocenters. The van der Waals surface area contributed by atoms with Crippen molar-refractivity contribution in [2.75, 3.05) is 52.4 Å². The molecule has 534 valence electrons. The average molecular weight is 1330 g/mol. The van der Waals surface area contributed by atoms with Crippen LogP contribution in [0.5, 0.6) is 0 Å². The Labute approximate surface area is 545 Å². The number of hydrogen-bond acceptors (Lipinski definition) is 21. The summed E-state index contributed by atoms with van der Waals surface area (Å²) >= 11 is 0. The molecule has 0 aromatic heterocycles. The Balaban J connectivity index is 7.20. The molecule has 0 rings (SSSR count). The summed E-state index contributed by atoms with van der Waals surface area (Å²) in [6, 6.07) is -13.6. The molecule has 0 aromatic carbocycles. The van der Waals surface area contributed by atoms with Crippen LogP contribution in [-0.2, 0) is 57.5 Å². The monoisotopic (exact) mass is 1330 g/mol. The number of primary amides is 2. The van der Waals surface area contributed by atoms with E-state index in [9.17, 15) is 62.6 Å². The van der Waals surface area contributed by atoms with Gasteiger partial charge in [0.25, 0.3) is 0 Å². The first-order chi connectivity index (χ1) is 44.3. The zero-order valence-electron chi connectivity index (χ0n) is 54.2. The maximum absolute atomic E-state index is 14.5. The molecule has 35 nitrogen and oxygen atoms in total. The average Bonchev–Trinajstić information content (AvgIpc) is 1.22. The van der Waals surface area contributed by atoms with Crippen LogP contribution in [0.25, 0.3) is 0 Å². The number of amides is 11. The van der Waals surface area contributed by atoms with Crippen LogP contribution >= 0.6 is 0 Å². The quantitative estimate of drug-likeness (QED) is 0.0153. The first-order valence-corrected chi connectivity index (χ1v) is 32.6. The van der Waals surface area contributed by atoms with Gasteiger partial charge in [0, 0.05) is 19.4 Å². The Morgan fingerprint density at radius 3 is 0.710 bits per heavy atom. The summed E-state index contributed by atoms with van der Waals surface area (Å²) in [6.45, 7) is 1.86. The van der Waals surface area contributed by atoms with Gasteiger partial charge >= 0.3 is 5.97 Å². The Bertz CT molecular complexity index is 2300. The van der Waals surface area contributed by atoms with Gasteiger partial charge in [0.15, 0.2) is 5.96 Å². The van der Waals surface area contributed by atoms with Gasteiger partial charge < -0.3 is 122 Å². The fraction of sp³-hybridized carbons (Fsp3) is 0.776. The minimum Gasteiger partial charge on any atom is -0.480 e. The van der Waals surface area contributed by atoms with Crippen molar-refractivity contribution in [2.24, 2.45) is 73.8 Å². The van der Waals surface area contributed by atoms with Gasteiger partial charge in [0.2, 0.25) is 65.0 Å². The molecule has 35 heteroatoms. The molecule has 0 bridgehead atoms.